The number of fused-ring (bicyclic) bond motifs is 1. The summed E-state index contributed by atoms with van der Waals surface area (Å²) in [6.07, 6.45) is 0. The first-order valence-corrected chi connectivity index (χ1v) is 5.35. The SMILES string of the molecule is C1CNCCN1.O=c1[nH]c2ccccc2o1. The summed E-state index contributed by atoms with van der Waals surface area (Å²) < 4.78 is 4.76. The van der Waals surface area contributed by atoms with Gasteiger partial charge in [0.05, 0.1) is 5.52 Å². The predicted octanol–water partition coefficient (Wildman–Crippen LogP) is 0.300. The average Bonchev–Trinajstić information content (AvgIpc) is 2.72. The van der Waals surface area contributed by atoms with E-state index in [2.05, 4.69) is 15.6 Å². The van der Waals surface area contributed by atoms with Gasteiger partial charge in [-0.1, -0.05) is 12.1 Å². The second-order valence-corrected chi connectivity index (χ2v) is 3.51. The Morgan fingerprint density at radius 3 is 2.19 bits per heavy atom. The highest BCUT2D eigenvalue weighted by molar-refractivity contribution is 5.71. The van der Waals surface area contributed by atoms with E-state index in [-0.39, 0.29) is 0 Å². The van der Waals surface area contributed by atoms with E-state index in [1.165, 1.54) is 0 Å². The lowest BCUT2D eigenvalue weighted by Gasteiger charge is -2.11. The number of aromatic amines is 1. The second kappa shape index (κ2) is 5.48. The number of hydrogen-bond donors (Lipinski definition) is 3. The minimum absolute atomic E-state index is 0.402. The molecule has 0 atom stereocenters. The molecule has 0 saturated carbocycles. The minimum Gasteiger partial charge on any atom is -0.408 e. The molecular formula is C11H15N3O2. The first kappa shape index (κ1) is 10.9. The number of hydrogen-bond acceptors (Lipinski definition) is 4. The first-order chi connectivity index (χ1) is 7.86. The summed E-state index contributed by atoms with van der Waals surface area (Å²) in [4.78, 5) is 13.1. The van der Waals surface area contributed by atoms with Crippen LogP contribution in [-0.4, -0.2) is 31.2 Å². The lowest BCUT2D eigenvalue weighted by molar-refractivity contribution is 0.534. The van der Waals surface area contributed by atoms with Crippen LogP contribution >= 0.6 is 0 Å². The predicted molar refractivity (Wildman–Crippen MR) is 62.6 cm³/mol. The molecule has 16 heavy (non-hydrogen) atoms. The zero-order chi connectivity index (χ0) is 11.2. The van der Waals surface area contributed by atoms with Crippen molar-refractivity contribution < 1.29 is 4.42 Å². The van der Waals surface area contributed by atoms with E-state index >= 15 is 0 Å². The van der Waals surface area contributed by atoms with Gasteiger partial charge in [0.25, 0.3) is 0 Å². The van der Waals surface area contributed by atoms with Crippen molar-refractivity contribution in [3.63, 3.8) is 0 Å². The highest BCUT2D eigenvalue weighted by Gasteiger charge is 1.95. The fourth-order valence-electron chi connectivity index (χ4n) is 1.50. The van der Waals surface area contributed by atoms with Gasteiger partial charge >= 0.3 is 5.76 Å². The summed E-state index contributed by atoms with van der Waals surface area (Å²) in [6.45, 7) is 4.56. The Bertz CT molecular complexity index is 437. The Labute approximate surface area is 92.8 Å². The van der Waals surface area contributed by atoms with Crippen molar-refractivity contribution in [1.82, 2.24) is 15.6 Å². The van der Waals surface area contributed by atoms with E-state index in [1.807, 2.05) is 12.1 Å². The van der Waals surface area contributed by atoms with Crippen LogP contribution in [-0.2, 0) is 0 Å². The molecule has 0 amide bonds. The van der Waals surface area contributed by atoms with Crippen molar-refractivity contribution in [2.75, 3.05) is 26.2 Å². The van der Waals surface area contributed by atoms with Gasteiger partial charge in [-0.05, 0) is 12.1 Å². The van der Waals surface area contributed by atoms with Crippen molar-refractivity contribution >= 4 is 11.1 Å². The lowest BCUT2D eigenvalue weighted by Crippen LogP contribution is -2.39. The summed E-state index contributed by atoms with van der Waals surface area (Å²) in [7, 11) is 0. The van der Waals surface area contributed by atoms with Crippen LogP contribution in [0.2, 0.25) is 0 Å². The zero-order valence-corrected chi connectivity index (χ0v) is 8.95. The molecule has 5 nitrogen and oxygen atoms in total. The Balaban J connectivity index is 0.000000138. The van der Waals surface area contributed by atoms with Crippen molar-refractivity contribution in [3.8, 4) is 0 Å². The van der Waals surface area contributed by atoms with Gasteiger partial charge in [0.15, 0.2) is 5.58 Å². The van der Waals surface area contributed by atoms with Gasteiger partial charge in [-0.15, -0.1) is 0 Å². The van der Waals surface area contributed by atoms with Gasteiger partial charge in [0.1, 0.15) is 0 Å². The molecule has 3 N–H and O–H groups in total. The molecule has 0 spiro atoms. The topological polar surface area (TPSA) is 70.1 Å². The molecule has 1 aromatic carbocycles. The van der Waals surface area contributed by atoms with E-state index in [0.717, 1.165) is 31.7 Å². The Hall–Kier alpha value is -1.59. The van der Waals surface area contributed by atoms with Gasteiger partial charge in [-0.3, -0.25) is 4.98 Å². The third-order valence-corrected chi connectivity index (χ3v) is 2.28. The van der Waals surface area contributed by atoms with E-state index in [9.17, 15) is 4.79 Å². The highest BCUT2D eigenvalue weighted by Crippen LogP contribution is 2.06. The normalized spacial score (nSPS) is 15.5. The molecule has 2 aromatic rings. The highest BCUT2D eigenvalue weighted by atomic mass is 16.4. The second-order valence-electron chi connectivity index (χ2n) is 3.51. The van der Waals surface area contributed by atoms with E-state index in [4.69, 9.17) is 4.42 Å². The summed E-state index contributed by atoms with van der Waals surface area (Å²) >= 11 is 0. The fraction of sp³-hybridized carbons (Fsp3) is 0.364. The molecule has 0 radical (unpaired) electrons. The molecule has 1 aliphatic rings. The standard InChI is InChI=1S/C7H5NO2.C4H10N2/c9-7-8-5-3-1-2-4-6(5)10-7;1-2-6-4-3-5-1/h1-4H,(H,8,9);5-6H,1-4H2. The van der Waals surface area contributed by atoms with Gasteiger partial charge in [-0.25, -0.2) is 4.79 Å². The number of oxazole rings is 1. The zero-order valence-electron chi connectivity index (χ0n) is 8.95. The van der Waals surface area contributed by atoms with Crippen molar-refractivity contribution in [2.24, 2.45) is 0 Å². The molecule has 5 heteroatoms. The van der Waals surface area contributed by atoms with Crippen LogP contribution in [0.15, 0.2) is 33.5 Å². The monoisotopic (exact) mass is 221 g/mol. The molecule has 0 aliphatic carbocycles. The lowest BCUT2D eigenvalue weighted by atomic mass is 10.3. The van der Waals surface area contributed by atoms with Crippen LogP contribution in [0.3, 0.4) is 0 Å². The molecule has 1 aromatic heterocycles. The number of piperazine rings is 1. The van der Waals surface area contributed by atoms with Crippen LogP contribution in [0.25, 0.3) is 11.1 Å². The Morgan fingerprint density at radius 2 is 1.62 bits per heavy atom. The third kappa shape index (κ3) is 2.95. The maximum Gasteiger partial charge on any atom is 0.417 e. The van der Waals surface area contributed by atoms with Crippen LogP contribution in [0.5, 0.6) is 0 Å². The molecule has 2 heterocycles. The van der Waals surface area contributed by atoms with E-state index < -0.39 is 5.76 Å². The molecule has 0 bridgehead atoms. The maximum atomic E-state index is 10.6. The van der Waals surface area contributed by atoms with E-state index in [1.54, 1.807) is 12.1 Å². The van der Waals surface area contributed by atoms with Crippen LogP contribution in [0, 0.1) is 0 Å². The molecular weight excluding hydrogens is 206 g/mol. The Morgan fingerprint density at radius 1 is 1.00 bits per heavy atom. The molecule has 1 saturated heterocycles. The quantitative estimate of drug-likeness (QED) is 0.598. The molecule has 0 unspecified atom stereocenters. The van der Waals surface area contributed by atoms with Gasteiger partial charge in [0.2, 0.25) is 0 Å². The molecule has 3 rings (SSSR count). The van der Waals surface area contributed by atoms with Gasteiger partial charge in [-0.2, -0.15) is 0 Å². The first-order valence-electron chi connectivity index (χ1n) is 5.35. The van der Waals surface area contributed by atoms with Crippen LogP contribution < -0.4 is 16.4 Å². The average molecular weight is 221 g/mol. The number of H-pyrrole nitrogens is 1. The summed E-state index contributed by atoms with van der Waals surface area (Å²) in [5.41, 5.74) is 1.35. The maximum absolute atomic E-state index is 10.6. The number of nitrogens with one attached hydrogen (secondary N) is 3. The van der Waals surface area contributed by atoms with E-state index in [0.29, 0.717) is 5.58 Å². The molecule has 1 fully saturated rings. The number of rotatable bonds is 0. The summed E-state index contributed by atoms with van der Waals surface area (Å²) in [5, 5.41) is 6.44. The number of para-hydroxylation sites is 2. The van der Waals surface area contributed by atoms with Gasteiger partial charge in [0, 0.05) is 26.2 Å². The molecule has 86 valence electrons. The summed E-state index contributed by atoms with van der Waals surface area (Å²) in [5.74, 6) is -0.402. The Kier molecular flexibility index (Phi) is 3.74. The largest absolute Gasteiger partial charge is 0.417 e. The minimum atomic E-state index is -0.402. The smallest absolute Gasteiger partial charge is 0.408 e. The number of benzene rings is 1. The van der Waals surface area contributed by atoms with Crippen molar-refractivity contribution in [2.45, 2.75) is 0 Å². The number of aromatic nitrogens is 1. The van der Waals surface area contributed by atoms with Crippen molar-refractivity contribution in [1.29, 1.82) is 0 Å². The van der Waals surface area contributed by atoms with Crippen LogP contribution in [0.4, 0.5) is 0 Å². The van der Waals surface area contributed by atoms with Crippen LogP contribution in [0.1, 0.15) is 0 Å². The van der Waals surface area contributed by atoms with Crippen molar-refractivity contribution in [3.05, 3.63) is 34.8 Å². The third-order valence-electron chi connectivity index (χ3n) is 2.28. The fourth-order valence-corrected chi connectivity index (χ4v) is 1.50. The summed E-state index contributed by atoms with van der Waals surface area (Å²) in [6, 6.07) is 7.19. The molecule has 1 aliphatic heterocycles. The van der Waals surface area contributed by atoms with Gasteiger partial charge < -0.3 is 15.1 Å².